The van der Waals surface area contributed by atoms with Crippen LogP contribution in [0.2, 0.25) is 0 Å². The molecule has 25 heavy (non-hydrogen) atoms. The molecule has 0 radical (unpaired) electrons. The summed E-state index contributed by atoms with van der Waals surface area (Å²) in [5.41, 5.74) is 0.329. The van der Waals surface area contributed by atoms with Crippen molar-refractivity contribution in [1.82, 2.24) is 0 Å². The summed E-state index contributed by atoms with van der Waals surface area (Å²) in [5.74, 6) is 0.00410. The van der Waals surface area contributed by atoms with E-state index in [-0.39, 0.29) is 16.9 Å². The van der Waals surface area contributed by atoms with Crippen LogP contribution in [0, 0.1) is 0 Å². The lowest BCUT2D eigenvalue weighted by molar-refractivity contribution is -0.0685. The Balaban J connectivity index is 2.37. The zero-order valence-corrected chi connectivity index (χ0v) is 13.2. The number of phenols is 1. The van der Waals surface area contributed by atoms with E-state index in [0.717, 1.165) is 0 Å². The maximum Gasteiger partial charge on any atom is 0.417 e. The Bertz CT molecular complexity index is 865. The smallest absolute Gasteiger partial charge is 0.417 e. The molecule has 0 aliphatic carbocycles. The minimum atomic E-state index is -4.54. The maximum atomic E-state index is 14.0. The molecular formula is C21H15F3O. The van der Waals surface area contributed by atoms with Crippen molar-refractivity contribution < 1.29 is 18.3 Å². The number of allylic oxidation sites excluding steroid dienone is 1. The van der Waals surface area contributed by atoms with Crippen LogP contribution in [0.15, 0.2) is 84.9 Å². The van der Waals surface area contributed by atoms with Crippen molar-refractivity contribution in [2.45, 2.75) is 6.18 Å². The lowest BCUT2D eigenvalue weighted by Crippen LogP contribution is -2.13. The summed E-state index contributed by atoms with van der Waals surface area (Å²) in [5, 5.41) is 9.49. The molecule has 0 saturated heterocycles. The van der Waals surface area contributed by atoms with E-state index in [1.807, 2.05) is 0 Å². The van der Waals surface area contributed by atoms with Crippen molar-refractivity contribution >= 4 is 11.1 Å². The molecule has 1 nitrogen and oxygen atoms in total. The average Bonchev–Trinajstić information content (AvgIpc) is 2.61. The largest absolute Gasteiger partial charge is 0.508 e. The normalized spacial score (nSPS) is 12.6. The van der Waals surface area contributed by atoms with Gasteiger partial charge in [-0.1, -0.05) is 72.8 Å². The molecule has 0 aliphatic heterocycles. The third kappa shape index (κ3) is 3.74. The number of aromatic hydroxyl groups is 1. The first kappa shape index (κ1) is 16.8. The Morgan fingerprint density at radius 2 is 1.04 bits per heavy atom. The van der Waals surface area contributed by atoms with E-state index in [9.17, 15) is 18.3 Å². The third-order valence-corrected chi connectivity index (χ3v) is 3.81. The fraction of sp³-hybridized carbons (Fsp3) is 0.0476. The molecule has 0 saturated carbocycles. The highest BCUT2D eigenvalue weighted by molar-refractivity contribution is 6.00. The van der Waals surface area contributed by atoms with E-state index in [4.69, 9.17) is 0 Å². The van der Waals surface area contributed by atoms with Gasteiger partial charge in [-0.05, 0) is 28.8 Å². The monoisotopic (exact) mass is 340 g/mol. The molecule has 3 aromatic rings. The Hall–Kier alpha value is -3.01. The molecule has 4 heteroatoms. The summed E-state index contributed by atoms with van der Waals surface area (Å²) in [4.78, 5) is 0. The van der Waals surface area contributed by atoms with Crippen molar-refractivity contribution in [1.29, 1.82) is 0 Å². The molecule has 0 amide bonds. The predicted octanol–water partition coefficient (Wildman–Crippen LogP) is 5.91. The summed E-state index contributed by atoms with van der Waals surface area (Å²) in [7, 11) is 0. The van der Waals surface area contributed by atoms with E-state index < -0.39 is 11.7 Å². The van der Waals surface area contributed by atoms with Crippen LogP contribution in [-0.2, 0) is 0 Å². The number of halogens is 3. The van der Waals surface area contributed by atoms with Gasteiger partial charge in [0.2, 0.25) is 0 Å². The van der Waals surface area contributed by atoms with Crippen molar-refractivity contribution in [3.05, 3.63) is 102 Å². The van der Waals surface area contributed by atoms with E-state index >= 15 is 0 Å². The van der Waals surface area contributed by atoms with Gasteiger partial charge in [-0.15, -0.1) is 0 Å². The molecule has 1 N–H and O–H groups in total. The zero-order valence-electron chi connectivity index (χ0n) is 13.2. The summed E-state index contributed by atoms with van der Waals surface area (Å²) in [6.07, 6.45) is -4.54. The van der Waals surface area contributed by atoms with Crippen LogP contribution < -0.4 is 0 Å². The van der Waals surface area contributed by atoms with Gasteiger partial charge < -0.3 is 5.11 Å². The fourth-order valence-electron chi connectivity index (χ4n) is 2.74. The maximum absolute atomic E-state index is 14.0. The Kier molecular flexibility index (Phi) is 4.61. The molecule has 126 valence electrons. The Labute approximate surface area is 143 Å². The summed E-state index contributed by atoms with van der Waals surface area (Å²) < 4.78 is 42.0. The van der Waals surface area contributed by atoms with Gasteiger partial charge in [-0.3, -0.25) is 0 Å². The average molecular weight is 340 g/mol. The summed E-state index contributed by atoms with van der Waals surface area (Å²) in [6.45, 7) is 0. The Morgan fingerprint density at radius 3 is 1.52 bits per heavy atom. The molecule has 0 aromatic heterocycles. The SMILES string of the molecule is Oc1ccc(/C(=C(/c2ccccc2)C(F)(F)F)c2ccccc2)cc1. The molecular weight excluding hydrogens is 325 g/mol. The molecule has 0 bridgehead atoms. The summed E-state index contributed by atoms with van der Waals surface area (Å²) in [6, 6.07) is 22.0. The van der Waals surface area contributed by atoms with Gasteiger partial charge in [0.05, 0.1) is 5.57 Å². The van der Waals surface area contributed by atoms with Gasteiger partial charge in [-0.25, -0.2) is 0 Å². The fourth-order valence-corrected chi connectivity index (χ4v) is 2.74. The minimum Gasteiger partial charge on any atom is -0.508 e. The van der Waals surface area contributed by atoms with Crippen molar-refractivity contribution in [3.63, 3.8) is 0 Å². The number of rotatable bonds is 3. The van der Waals surface area contributed by atoms with Gasteiger partial charge in [0.15, 0.2) is 0 Å². The molecule has 0 aliphatic rings. The molecule has 0 fully saturated rings. The molecule has 3 aromatic carbocycles. The van der Waals surface area contributed by atoms with Crippen LogP contribution in [-0.4, -0.2) is 11.3 Å². The van der Waals surface area contributed by atoms with Gasteiger partial charge in [0.25, 0.3) is 0 Å². The van der Waals surface area contributed by atoms with Crippen LogP contribution in [0.25, 0.3) is 11.1 Å². The van der Waals surface area contributed by atoms with Crippen LogP contribution in [0.5, 0.6) is 5.75 Å². The molecule has 0 spiro atoms. The van der Waals surface area contributed by atoms with Crippen molar-refractivity contribution in [2.24, 2.45) is 0 Å². The summed E-state index contributed by atoms with van der Waals surface area (Å²) >= 11 is 0. The Morgan fingerprint density at radius 1 is 0.600 bits per heavy atom. The van der Waals surface area contributed by atoms with E-state index in [0.29, 0.717) is 11.1 Å². The number of phenolic OH excluding ortho intramolecular Hbond substituents is 1. The molecule has 0 heterocycles. The first-order chi connectivity index (χ1) is 12.0. The van der Waals surface area contributed by atoms with Crippen LogP contribution in [0.4, 0.5) is 13.2 Å². The van der Waals surface area contributed by atoms with E-state index in [1.54, 1.807) is 48.5 Å². The van der Waals surface area contributed by atoms with Gasteiger partial charge >= 0.3 is 6.18 Å². The van der Waals surface area contributed by atoms with Crippen LogP contribution in [0.3, 0.4) is 0 Å². The van der Waals surface area contributed by atoms with Gasteiger partial charge in [-0.2, -0.15) is 13.2 Å². The number of hydrogen-bond donors (Lipinski definition) is 1. The second-order valence-corrected chi connectivity index (χ2v) is 5.53. The highest BCUT2D eigenvalue weighted by atomic mass is 19.4. The van der Waals surface area contributed by atoms with E-state index in [1.165, 1.54) is 36.4 Å². The highest BCUT2D eigenvalue weighted by Gasteiger charge is 2.38. The van der Waals surface area contributed by atoms with Crippen molar-refractivity contribution in [3.8, 4) is 5.75 Å². The number of hydrogen-bond acceptors (Lipinski definition) is 1. The minimum absolute atomic E-state index is 0.00410. The lowest BCUT2D eigenvalue weighted by atomic mass is 9.89. The topological polar surface area (TPSA) is 20.2 Å². The zero-order chi connectivity index (χ0) is 17.9. The molecule has 0 unspecified atom stereocenters. The lowest BCUT2D eigenvalue weighted by Gasteiger charge is -2.19. The standard InChI is InChI=1S/C21H15F3O/c22-21(23,24)20(17-9-5-2-6-10-17)19(15-7-3-1-4-8-15)16-11-13-18(25)14-12-16/h1-14,25H/b20-19-. The third-order valence-electron chi connectivity index (χ3n) is 3.81. The van der Waals surface area contributed by atoms with Crippen LogP contribution >= 0.6 is 0 Å². The highest BCUT2D eigenvalue weighted by Crippen LogP contribution is 2.42. The second kappa shape index (κ2) is 6.85. The van der Waals surface area contributed by atoms with Gasteiger partial charge in [0.1, 0.15) is 5.75 Å². The molecule has 3 rings (SSSR count). The first-order valence-corrected chi connectivity index (χ1v) is 7.68. The van der Waals surface area contributed by atoms with Crippen LogP contribution in [0.1, 0.15) is 16.7 Å². The number of benzene rings is 3. The second-order valence-electron chi connectivity index (χ2n) is 5.53. The predicted molar refractivity (Wildman–Crippen MR) is 93.0 cm³/mol. The first-order valence-electron chi connectivity index (χ1n) is 7.68. The number of alkyl halides is 3. The van der Waals surface area contributed by atoms with Crippen molar-refractivity contribution in [2.75, 3.05) is 0 Å². The molecule has 0 atom stereocenters. The van der Waals surface area contributed by atoms with Gasteiger partial charge in [0, 0.05) is 5.57 Å². The quantitative estimate of drug-likeness (QED) is 0.587. The van der Waals surface area contributed by atoms with E-state index in [2.05, 4.69) is 0 Å².